The van der Waals surface area contributed by atoms with Crippen molar-refractivity contribution in [2.45, 2.75) is 114 Å². The van der Waals surface area contributed by atoms with Gasteiger partial charge in [-0.1, -0.05) is 152 Å². The Balaban J connectivity index is 0.000000816. The molecule has 0 fully saturated rings. The summed E-state index contributed by atoms with van der Waals surface area (Å²) in [5.74, 6) is 1.13. The van der Waals surface area contributed by atoms with Gasteiger partial charge in [-0.3, -0.25) is 19.0 Å². The number of nitrogens with zero attached hydrogens (tertiary/aromatic N) is 2. The Kier molecular flexibility index (Phi) is 22.9. The van der Waals surface area contributed by atoms with Crippen LogP contribution in [0.2, 0.25) is 0 Å². The summed E-state index contributed by atoms with van der Waals surface area (Å²) in [6, 6.07) is 32.6. The van der Waals surface area contributed by atoms with E-state index in [1.54, 1.807) is 12.1 Å². The van der Waals surface area contributed by atoms with Gasteiger partial charge in [0.1, 0.15) is 12.1 Å². The van der Waals surface area contributed by atoms with Gasteiger partial charge in [0.15, 0.2) is 11.6 Å². The van der Waals surface area contributed by atoms with Crippen LogP contribution in [0.25, 0.3) is 17.1 Å². The molecule has 0 atom stereocenters. The minimum Gasteiger partial charge on any atom is -0.550 e. The Bertz CT molecular complexity index is 1930. The lowest BCUT2D eigenvalue weighted by Crippen LogP contribution is -2.16. The molecule has 0 amide bonds. The summed E-state index contributed by atoms with van der Waals surface area (Å²) in [5, 5.41) is 8.89. The number of para-hydroxylation sites is 2. The van der Waals surface area contributed by atoms with Crippen LogP contribution in [-0.2, 0) is 14.4 Å². The lowest BCUT2D eigenvalue weighted by atomic mass is 9.92. The highest BCUT2D eigenvalue weighted by Crippen LogP contribution is 2.36. The number of hydrogen-bond acceptors (Lipinski definition) is 7. The fourth-order valence-corrected chi connectivity index (χ4v) is 5.58. The molecule has 1 heterocycles. The second-order valence-electron chi connectivity index (χ2n) is 14.7. The highest BCUT2D eigenvalue weighted by molar-refractivity contribution is 6.35. The molecule has 0 aliphatic rings. The van der Waals surface area contributed by atoms with Gasteiger partial charge in [0.2, 0.25) is 0 Å². The molecule has 0 bridgehead atoms. The van der Waals surface area contributed by atoms with Gasteiger partial charge in [-0.15, -0.1) is 0 Å². The van der Waals surface area contributed by atoms with E-state index in [9.17, 15) is 14.4 Å². The third-order valence-corrected chi connectivity index (χ3v) is 8.79. The number of ketones is 2. The van der Waals surface area contributed by atoms with Crippen molar-refractivity contribution in [1.82, 2.24) is 15.7 Å². The van der Waals surface area contributed by atoms with E-state index >= 15 is 0 Å². The van der Waals surface area contributed by atoms with Gasteiger partial charge < -0.3 is 21.8 Å². The van der Waals surface area contributed by atoms with Gasteiger partial charge in [0.25, 0.3) is 0 Å². The number of imidazole rings is 1. The van der Waals surface area contributed by atoms with E-state index in [2.05, 4.69) is 141 Å². The quantitative estimate of drug-likeness (QED) is 0.0896. The number of aryl methyl sites for hydroxylation is 1. The highest BCUT2D eigenvalue weighted by Gasteiger charge is 2.22. The second-order valence-corrected chi connectivity index (χ2v) is 14.7. The normalized spacial score (nSPS) is 10.1. The van der Waals surface area contributed by atoms with E-state index in [1.165, 1.54) is 47.5 Å². The van der Waals surface area contributed by atoms with Gasteiger partial charge in [-0.2, -0.15) is 0 Å². The van der Waals surface area contributed by atoms with Crippen LogP contribution in [0.1, 0.15) is 144 Å². The summed E-state index contributed by atoms with van der Waals surface area (Å²) >= 11 is 0. The number of quaternary nitrogens is 1. The largest absolute Gasteiger partial charge is 0.550 e. The summed E-state index contributed by atoms with van der Waals surface area (Å²) < 4.78 is 2.37. The third kappa shape index (κ3) is 16.5. The van der Waals surface area contributed by atoms with E-state index in [4.69, 9.17) is 20.6 Å². The van der Waals surface area contributed by atoms with Crippen molar-refractivity contribution in [3.8, 4) is 17.1 Å². The maximum absolute atomic E-state index is 10.0. The van der Waals surface area contributed by atoms with Crippen molar-refractivity contribution < 1.29 is 24.3 Å². The number of aldehydes is 1. The number of aromatic nitrogens is 2. The smallest absolute Gasteiger partial charge is 0.195 e. The molecule has 0 unspecified atom stereocenters. The molecule has 0 aliphatic heterocycles. The van der Waals surface area contributed by atoms with Crippen LogP contribution in [-0.4, -0.2) is 33.4 Å². The predicted octanol–water partition coefficient (Wildman–Crippen LogP) is 10.7. The molecule has 0 aliphatic carbocycles. The van der Waals surface area contributed by atoms with Crippen LogP contribution in [0, 0.1) is 13.8 Å². The lowest BCUT2D eigenvalue weighted by molar-refractivity contribution is -0.302. The van der Waals surface area contributed by atoms with Crippen LogP contribution >= 0.6 is 0 Å². The zero-order valence-corrected chi connectivity index (χ0v) is 36.6. The van der Waals surface area contributed by atoms with Crippen molar-refractivity contribution in [2.24, 2.45) is 0 Å². The number of carboxylic acids is 1. The Morgan fingerprint density at radius 3 is 1.28 bits per heavy atom. The molecule has 6 N–H and O–H groups in total. The minimum atomic E-state index is -1.08. The molecule has 308 valence electrons. The molecule has 57 heavy (non-hydrogen) atoms. The van der Waals surface area contributed by atoms with Crippen molar-refractivity contribution in [1.29, 1.82) is 0 Å². The summed E-state index contributed by atoms with van der Waals surface area (Å²) in [6.07, 6.45) is 0.833. The SMILES string of the molecule is CC(=O)C(C)=O.CC(=O)[O-].CC(C)c1cccc(C(C)C)c1N.Cc1nc(-c2ccccc2)n(-c2c(C(C)C)cccc2C(C)C)c1C.O=Cc1ccccc1.[NH4+]. The lowest BCUT2D eigenvalue weighted by Gasteiger charge is -2.23. The molecule has 4 aromatic carbocycles. The zero-order valence-electron chi connectivity index (χ0n) is 36.6. The Morgan fingerprint density at radius 1 is 0.614 bits per heavy atom. The minimum absolute atomic E-state index is 0. The first-order valence-electron chi connectivity index (χ1n) is 19.1. The topological polar surface area (TPSA) is 172 Å². The molecular weight excluding hydrogens is 713 g/mol. The van der Waals surface area contributed by atoms with Crippen molar-refractivity contribution in [3.63, 3.8) is 0 Å². The predicted molar refractivity (Wildman–Crippen MR) is 236 cm³/mol. The van der Waals surface area contributed by atoms with E-state index in [0.29, 0.717) is 23.7 Å². The summed E-state index contributed by atoms with van der Waals surface area (Å²) in [5.41, 5.74) is 17.9. The maximum Gasteiger partial charge on any atom is 0.195 e. The number of carbonyl (C=O) groups is 4. The fourth-order valence-electron chi connectivity index (χ4n) is 5.58. The van der Waals surface area contributed by atoms with E-state index in [1.807, 2.05) is 18.2 Å². The number of benzene rings is 4. The summed E-state index contributed by atoms with van der Waals surface area (Å²) in [4.78, 5) is 43.4. The average molecular weight is 779 g/mol. The van der Waals surface area contributed by atoms with Crippen LogP contribution in [0.5, 0.6) is 0 Å². The molecule has 5 aromatic rings. The number of nitrogens with two attached hydrogens (primary N) is 1. The van der Waals surface area contributed by atoms with Gasteiger partial charge in [-0.05, 0) is 66.7 Å². The third-order valence-electron chi connectivity index (χ3n) is 8.79. The molecule has 9 heteroatoms. The van der Waals surface area contributed by atoms with Gasteiger partial charge >= 0.3 is 0 Å². The first-order chi connectivity index (χ1) is 26.3. The molecule has 0 spiro atoms. The molecule has 9 nitrogen and oxygen atoms in total. The van der Waals surface area contributed by atoms with Crippen molar-refractivity contribution in [3.05, 3.63) is 136 Å². The van der Waals surface area contributed by atoms with Crippen molar-refractivity contribution >= 4 is 29.5 Å². The number of nitrogen functional groups attached to an aromatic ring is 1. The van der Waals surface area contributed by atoms with Crippen LogP contribution in [0.4, 0.5) is 5.69 Å². The Morgan fingerprint density at radius 2 is 0.965 bits per heavy atom. The van der Waals surface area contributed by atoms with Gasteiger partial charge in [0.05, 0.1) is 11.4 Å². The molecule has 0 saturated carbocycles. The van der Waals surface area contributed by atoms with Crippen LogP contribution in [0.15, 0.2) is 97.1 Å². The fraction of sp³-hybridized carbons (Fsp3) is 0.354. The standard InChI is InChI=1S/C23H28N2.C12H19N.C7H6O.C4H6O2.C2H4O2.H3N/c1-15(2)20-13-10-14-21(16(3)4)22(20)25-18(6)17(5)24-23(25)19-11-8-7-9-12-19;1-8(2)10-6-5-7-11(9(3)4)12(10)13;8-6-7-4-2-1-3-5-7;1-3(5)4(2)6;1-2(3)4;/h7-16H,1-6H3;5-9H,13H2,1-4H3;1-6H;1-2H3;1H3,(H,3,4);1H3. The Labute approximate surface area is 341 Å². The number of Topliss-reactive ketones (excluding diaryl/α,β-unsaturated/α-hetero) is 2. The van der Waals surface area contributed by atoms with E-state index in [-0.39, 0.29) is 17.7 Å². The number of carbonyl (C=O) groups excluding carboxylic acids is 4. The second kappa shape index (κ2) is 25.5. The Hall–Kier alpha value is -5.67. The first-order valence-corrected chi connectivity index (χ1v) is 19.1. The number of anilines is 1. The maximum atomic E-state index is 10.0. The molecule has 5 rings (SSSR count). The molecule has 0 saturated heterocycles. The molecule has 0 radical (unpaired) electrons. The number of carboxylic acid groups (broad SMARTS) is 1. The number of hydrogen-bond donors (Lipinski definition) is 2. The molecular formula is C48H66N4O5. The highest BCUT2D eigenvalue weighted by atomic mass is 16.4. The average Bonchev–Trinajstić information content (AvgIpc) is 3.45. The number of aliphatic carboxylic acids is 1. The summed E-state index contributed by atoms with van der Waals surface area (Å²) in [6.45, 7) is 25.5. The first kappa shape index (κ1) is 51.3. The van der Waals surface area contributed by atoms with Gasteiger partial charge in [-0.25, -0.2) is 4.98 Å². The van der Waals surface area contributed by atoms with E-state index < -0.39 is 5.97 Å². The van der Waals surface area contributed by atoms with Crippen molar-refractivity contribution in [2.75, 3.05) is 5.73 Å². The monoisotopic (exact) mass is 779 g/mol. The zero-order chi connectivity index (χ0) is 42.7. The number of rotatable bonds is 8. The summed E-state index contributed by atoms with van der Waals surface area (Å²) in [7, 11) is 0. The van der Waals surface area contributed by atoms with E-state index in [0.717, 1.165) is 41.5 Å². The van der Waals surface area contributed by atoms with Crippen LogP contribution in [0.3, 0.4) is 0 Å². The van der Waals surface area contributed by atoms with Gasteiger partial charge in [0, 0.05) is 42.3 Å². The molecule has 1 aromatic heterocycles. The van der Waals surface area contributed by atoms with Crippen LogP contribution < -0.4 is 17.0 Å².